The third kappa shape index (κ3) is 8.63. The predicted octanol–water partition coefficient (Wildman–Crippen LogP) is 4.46. The second kappa shape index (κ2) is 14.2. The fraction of sp³-hybridized carbons (Fsp3) is 0.154. The second-order valence-corrected chi connectivity index (χ2v) is 9.09. The molecule has 198 valence electrons. The van der Waals surface area contributed by atoms with E-state index in [1.807, 2.05) is 29.5 Å². The number of rotatable bonds is 10. The van der Waals surface area contributed by atoms with Crippen LogP contribution in [0.4, 0.5) is 11.4 Å². The van der Waals surface area contributed by atoms with Gasteiger partial charge in [-0.1, -0.05) is 11.6 Å². The number of methoxy groups -OCH3 is 1. The van der Waals surface area contributed by atoms with E-state index in [2.05, 4.69) is 21.2 Å². The number of hydrogen-bond donors (Lipinski definition) is 3. The van der Waals surface area contributed by atoms with Crippen LogP contribution in [-0.4, -0.2) is 44.3 Å². The normalized spacial score (nSPS) is 10.5. The zero-order valence-corrected chi connectivity index (χ0v) is 23.3. The van der Waals surface area contributed by atoms with E-state index in [9.17, 15) is 14.4 Å². The summed E-state index contributed by atoms with van der Waals surface area (Å²) in [7, 11) is 1.53. The van der Waals surface area contributed by atoms with Gasteiger partial charge >= 0.3 is 11.8 Å². The van der Waals surface area contributed by atoms with E-state index in [4.69, 9.17) is 25.8 Å². The molecule has 0 aromatic heterocycles. The van der Waals surface area contributed by atoms with Crippen molar-refractivity contribution < 1.29 is 28.6 Å². The second-order valence-electron chi connectivity index (χ2n) is 7.49. The van der Waals surface area contributed by atoms with Crippen molar-refractivity contribution in [2.45, 2.75) is 6.92 Å². The van der Waals surface area contributed by atoms with Gasteiger partial charge in [-0.2, -0.15) is 5.10 Å². The minimum absolute atomic E-state index is 0.245. The van der Waals surface area contributed by atoms with E-state index in [1.165, 1.54) is 13.3 Å². The number of anilines is 2. The van der Waals surface area contributed by atoms with Crippen molar-refractivity contribution in [3.05, 3.63) is 74.8 Å². The number of carbonyl (C=O) groups is 3. The highest BCUT2D eigenvalue weighted by Gasteiger charge is 2.15. The number of amides is 3. The van der Waals surface area contributed by atoms with Gasteiger partial charge in [0.2, 0.25) is 0 Å². The maximum Gasteiger partial charge on any atom is 0.329 e. The van der Waals surface area contributed by atoms with Crippen LogP contribution in [0.5, 0.6) is 17.2 Å². The molecule has 0 saturated heterocycles. The first kappa shape index (κ1) is 28.7. The van der Waals surface area contributed by atoms with Crippen molar-refractivity contribution >= 4 is 69.5 Å². The van der Waals surface area contributed by atoms with Gasteiger partial charge in [-0.25, -0.2) is 5.43 Å². The monoisotopic (exact) mass is 650 g/mol. The van der Waals surface area contributed by atoms with Gasteiger partial charge in [0.15, 0.2) is 18.1 Å². The lowest BCUT2D eigenvalue weighted by molar-refractivity contribution is -0.136. The molecule has 0 aliphatic rings. The summed E-state index contributed by atoms with van der Waals surface area (Å²) in [5.41, 5.74) is 3.78. The molecule has 0 saturated carbocycles. The van der Waals surface area contributed by atoms with Crippen LogP contribution in [0.25, 0.3) is 0 Å². The topological polar surface area (TPSA) is 127 Å². The van der Waals surface area contributed by atoms with E-state index >= 15 is 0 Å². The Bertz CT molecular complexity index is 1320. The zero-order valence-electron chi connectivity index (χ0n) is 20.4. The molecule has 12 heteroatoms. The fourth-order valence-electron chi connectivity index (χ4n) is 3.01. The molecule has 3 rings (SSSR count). The number of nitrogens with one attached hydrogen (secondary N) is 3. The number of nitrogens with zero attached hydrogens (tertiary/aromatic N) is 1. The molecule has 3 aromatic rings. The fourth-order valence-corrected chi connectivity index (χ4v) is 3.92. The highest BCUT2D eigenvalue weighted by Crippen LogP contribution is 2.34. The van der Waals surface area contributed by atoms with E-state index in [-0.39, 0.29) is 12.5 Å². The van der Waals surface area contributed by atoms with Crippen LogP contribution >= 0.6 is 34.2 Å². The Hall–Kier alpha value is -3.84. The minimum Gasteiger partial charge on any atom is -0.497 e. The molecule has 0 heterocycles. The summed E-state index contributed by atoms with van der Waals surface area (Å²) in [6, 6.07) is 16.6. The Labute approximate surface area is 237 Å². The standard InChI is InChI=1S/C26H24ClIN4O6/c1-3-37-22-13-16(14-29-32-26(35)25(34)31-19-8-10-20(36-2)11-9-19)12-21(28)24(22)38-15-23(33)30-18-6-4-17(27)5-7-18/h4-14H,3,15H2,1-2H3,(H,30,33)(H,31,34)(H,32,35)/b29-14-. The Kier molecular flexibility index (Phi) is 10.7. The molecule has 38 heavy (non-hydrogen) atoms. The molecule has 0 spiro atoms. The van der Waals surface area contributed by atoms with Crippen molar-refractivity contribution in [3.8, 4) is 17.2 Å². The summed E-state index contributed by atoms with van der Waals surface area (Å²) in [5, 5.41) is 9.61. The van der Waals surface area contributed by atoms with Crippen molar-refractivity contribution in [2.75, 3.05) is 31.0 Å². The van der Waals surface area contributed by atoms with Gasteiger partial charge in [0.05, 0.1) is 23.5 Å². The zero-order chi connectivity index (χ0) is 27.5. The lowest BCUT2D eigenvalue weighted by Gasteiger charge is -2.14. The Morgan fingerprint density at radius 2 is 1.61 bits per heavy atom. The number of ether oxygens (including phenoxy) is 3. The first-order valence-corrected chi connectivity index (χ1v) is 12.7. The SMILES string of the molecule is CCOc1cc(/C=N\NC(=O)C(=O)Nc2ccc(OC)cc2)cc(I)c1OCC(=O)Nc1ccc(Cl)cc1. The third-order valence-corrected chi connectivity index (χ3v) is 5.79. The molecule has 10 nitrogen and oxygen atoms in total. The molecule has 0 aliphatic heterocycles. The van der Waals surface area contributed by atoms with E-state index in [0.29, 0.717) is 49.4 Å². The number of halogens is 2. The van der Waals surface area contributed by atoms with Crippen LogP contribution in [0.15, 0.2) is 65.8 Å². The van der Waals surface area contributed by atoms with Gasteiger partial charge in [0.25, 0.3) is 5.91 Å². The van der Waals surface area contributed by atoms with Crippen LogP contribution in [0.1, 0.15) is 12.5 Å². The largest absolute Gasteiger partial charge is 0.497 e. The highest BCUT2D eigenvalue weighted by atomic mass is 127. The molecule has 0 radical (unpaired) electrons. The number of benzene rings is 3. The maximum absolute atomic E-state index is 12.3. The minimum atomic E-state index is -0.941. The van der Waals surface area contributed by atoms with Crippen LogP contribution < -0.4 is 30.3 Å². The van der Waals surface area contributed by atoms with E-state index < -0.39 is 11.8 Å². The van der Waals surface area contributed by atoms with Gasteiger partial charge in [0.1, 0.15) is 5.75 Å². The summed E-state index contributed by atoms with van der Waals surface area (Å²) in [5.74, 6) is -0.772. The van der Waals surface area contributed by atoms with Crippen LogP contribution in [-0.2, 0) is 14.4 Å². The molecular weight excluding hydrogens is 627 g/mol. The molecule has 0 bridgehead atoms. The molecule has 0 unspecified atom stereocenters. The summed E-state index contributed by atoms with van der Waals surface area (Å²) in [6.07, 6.45) is 1.36. The Balaban J connectivity index is 1.59. The van der Waals surface area contributed by atoms with Gasteiger partial charge in [-0.15, -0.1) is 0 Å². The van der Waals surface area contributed by atoms with Crippen molar-refractivity contribution in [2.24, 2.45) is 5.10 Å². The first-order valence-electron chi connectivity index (χ1n) is 11.2. The maximum atomic E-state index is 12.3. The molecule has 0 fully saturated rings. The molecule has 3 N–H and O–H groups in total. The lowest BCUT2D eigenvalue weighted by Crippen LogP contribution is -2.32. The average Bonchev–Trinajstić information content (AvgIpc) is 2.90. The smallest absolute Gasteiger partial charge is 0.329 e. The lowest BCUT2D eigenvalue weighted by atomic mass is 10.2. The summed E-state index contributed by atoms with van der Waals surface area (Å²) >= 11 is 7.91. The van der Waals surface area contributed by atoms with Gasteiger partial charge in [-0.05, 0) is 95.7 Å². The van der Waals surface area contributed by atoms with Crippen molar-refractivity contribution in [3.63, 3.8) is 0 Å². The molecular formula is C26H24ClIN4O6. The summed E-state index contributed by atoms with van der Waals surface area (Å²) in [4.78, 5) is 36.5. The Morgan fingerprint density at radius 3 is 2.26 bits per heavy atom. The predicted molar refractivity (Wildman–Crippen MR) is 153 cm³/mol. The molecule has 3 aromatic carbocycles. The van der Waals surface area contributed by atoms with Crippen LogP contribution in [0.3, 0.4) is 0 Å². The van der Waals surface area contributed by atoms with Gasteiger partial charge in [-0.3, -0.25) is 14.4 Å². The summed E-state index contributed by atoms with van der Waals surface area (Å²) in [6.45, 7) is 1.92. The molecule has 0 aliphatic carbocycles. The van der Waals surface area contributed by atoms with Crippen LogP contribution in [0.2, 0.25) is 5.02 Å². The van der Waals surface area contributed by atoms with E-state index in [1.54, 1.807) is 60.7 Å². The van der Waals surface area contributed by atoms with Gasteiger partial charge < -0.3 is 24.8 Å². The third-order valence-electron chi connectivity index (χ3n) is 4.74. The van der Waals surface area contributed by atoms with Crippen molar-refractivity contribution in [1.82, 2.24) is 5.43 Å². The highest BCUT2D eigenvalue weighted by molar-refractivity contribution is 14.1. The van der Waals surface area contributed by atoms with Gasteiger partial charge in [0, 0.05) is 16.4 Å². The molecule has 3 amide bonds. The number of hydrogen-bond acceptors (Lipinski definition) is 7. The first-order chi connectivity index (χ1) is 18.3. The quantitative estimate of drug-likeness (QED) is 0.129. The molecule has 0 atom stereocenters. The average molecular weight is 651 g/mol. The van der Waals surface area contributed by atoms with E-state index in [0.717, 1.165) is 0 Å². The number of hydrazone groups is 1. The van der Waals surface area contributed by atoms with Crippen molar-refractivity contribution in [1.29, 1.82) is 0 Å². The summed E-state index contributed by atoms with van der Waals surface area (Å²) < 4.78 is 17.1. The van der Waals surface area contributed by atoms with Crippen LogP contribution in [0, 0.1) is 3.57 Å². The Morgan fingerprint density at radius 1 is 0.947 bits per heavy atom. The number of carbonyl (C=O) groups excluding carboxylic acids is 3.